The lowest BCUT2D eigenvalue weighted by molar-refractivity contribution is 0.462. The zero-order valence-corrected chi connectivity index (χ0v) is 8.60. The predicted molar refractivity (Wildman–Crippen MR) is 58.1 cm³/mol. The van der Waals surface area contributed by atoms with E-state index in [2.05, 4.69) is 4.98 Å². The van der Waals surface area contributed by atoms with Gasteiger partial charge in [-0.25, -0.2) is 4.98 Å². The molecule has 0 aliphatic rings. The van der Waals surface area contributed by atoms with Crippen molar-refractivity contribution in [3.05, 3.63) is 36.2 Å². The van der Waals surface area contributed by atoms with E-state index in [9.17, 15) is 5.11 Å². The van der Waals surface area contributed by atoms with E-state index >= 15 is 0 Å². The average Bonchev–Trinajstić information content (AvgIpc) is 2.84. The van der Waals surface area contributed by atoms with Crippen LogP contribution >= 0.6 is 0 Å². The van der Waals surface area contributed by atoms with Crippen LogP contribution in [-0.4, -0.2) is 10.1 Å². The smallest absolute Gasteiger partial charge is 0.263 e. The van der Waals surface area contributed by atoms with Crippen LogP contribution in [-0.2, 0) is 0 Å². The largest absolute Gasteiger partial charge is 0.504 e. The number of hydrogen-bond donors (Lipinski definition) is 1. The maximum Gasteiger partial charge on any atom is 0.263 e. The summed E-state index contributed by atoms with van der Waals surface area (Å²) in [7, 11) is 0. The highest BCUT2D eigenvalue weighted by molar-refractivity contribution is 5.86. The fourth-order valence-electron chi connectivity index (χ4n) is 1.62. The Bertz CT molecular complexity index is 651. The number of oxazole rings is 1. The molecule has 0 bridgehead atoms. The van der Waals surface area contributed by atoms with Gasteiger partial charge in [0.25, 0.3) is 5.89 Å². The number of fused-ring (bicyclic) bond motifs is 1. The molecule has 0 saturated carbocycles. The molecule has 3 rings (SSSR count). The van der Waals surface area contributed by atoms with Crippen LogP contribution in [0, 0.1) is 6.92 Å². The standard InChI is InChI=1S/C12H9NO3/c1-7-6-13-12(15-7)10-5-8-3-2-4-9(14)11(8)16-10/h2-6,14H,1H3. The van der Waals surface area contributed by atoms with Crippen LogP contribution in [0.2, 0.25) is 0 Å². The summed E-state index contributed by atoms with van der Waals surface area (Å²) in [5.41, 5.74) is 0.452. The molecule has 0 aliphatic heterocycles. The van der Waals surface area contributed by atoms with Crippen molar-refractivity contribution in [1.29, 1.82) is 0 Å². The normalized spacial score (nSPS) is 11.1. The second-order valence-electron chi connectivity index (χ2n) is 3.58. The summed E-state index contributed by atoms with van der Waals surface area (Å²) < 4.78 is 10.8. The monoisotopic (exact) mass is 215 g/mol. The lowest BCUT2D eigenvalue weighted by Gasteiger charge is -1.90. The highest BCUT2D eigenvalue weighted by Crippen LogP contribution is 2.32. The first-order valence-electron chi connectivity index (χ1n) is 4.88. The number of benzene rings is 1. The Labute approximate surface area is 91.1 Å². The summed E-state index contributed by atoms with van der Waals surface area (Å²) in [6, 6.07) is 6.99. The van der Waals surface area contributed by atoms with Crippen molar-refractivity contribution in [3.63, 3.8) is 0 Å². The second-order valence-corrected chi connectivity index (χ2v) is 3.58. The SMILES string of the molecule is Cc1cnc(-c2cc3cccc(O)c3o2)o1. The molecule has 0 fully saturated rings. The Morgan fingerprint density at radius 3 is 2.81 bits per heavy atom. The summed E-state index contributed by atoms with van der Waals surface area (Å²) in [6.45, 7) is 1.82. The summed E-state index contributed by atoms with van der Waals surface area (Å²) in [4.78, 5) is 4.07. The first-order chi connectivity index (χ1) is 7.74. The number of aromatic nitrogens is 1. The van der Waals surface area contributed by atoms with E-state index in [0.717, 1.165) is 11.1 Å². The fourth-order valence-corrected chi connectivity index (χ4v) is 1.62. The third-order valence-electron chi connectivity index (χ3n) is 2.36. The molecule has 1 aromatic carbocycles. The highest BCUT2D eigenvalue weighted by Gasteiger charge is 2.12. The van der Waals surface area contributed by atoms with Gasteiger partial charge in [0.1, 0.15) is 5.76 Å². The van der Waals surface area contributed by atoms with Gasteiger partial charge in [-0.05, 0) is 19.1 Å². The molecule has 1 N–H and O–H groups in total. The van der Waals surface area contributed by atoms with E-state index in [-0.39, 0.29) is 5.75 Å². The number of nitrogens with zero attached hydrogens (tertiary/aromatic N) is 1. The van der Waals surface area contributed by atoms with E-state index in [0.29, 0.717) is 17.2 Å². The third kappa shape index (κ3) is 1.27. The van der Waals surface area contributed by atoms with Gasteiger partial charge in [-0.3, -0.25) is 0 Å². The fraction of sp³-hybridized carbons (Fsp3) is 0.0833. The maximum atomic E-state index is 9.59. The molecule has 0 amide bonds. The van der Waals surface area contributed by atoms with E-state index in [1.807, 2.05) is 13.0 Å². The van der Waals surface area contributed by atoms with Crippen LogP contribution in [0.5, 0.6) is 5.75 Å². The van der Waals surface area contributed by atoms with E-state index in [1.54, 1.807) is 24.4 Å². The molecule has 4 heteroatoms. The van der Waals surface area contributed by atoms with E-state index < -0.39 is 0 Å². The first-order valence-corrected chi connectivity index (χ1v) is 4.88. The molecule has 3 aromatic rings. The van der Waals surface area contributed by atoms with Crippen molar-refractivity contribution >= 4 is 11.0 Å². The van der Waals surface area contributed by atoms with Gasteiger partial charge in [0.05, 0.1) is 6.20 Å². The molecule has 0 saturated heterocycles. The molecular weight excluding hydrogens is 206 g/mol. The number of para-hydroxylation sites is 1. The van der Waals surface area contributed by atoms with Crippen molar-refractivity contribution in [2.45, 2.75) is 6.92 Å². The number of aromatic hydroxyl groups is 1. The average molecular weight is 215 g/mol. The molecule has 0 radical (unpaired) electrons. The Morgan fingerprint density at radius 1 is 1.25 bits per heavy atom. The molecule has 2 heterocycles. The number of rotatable bonds is 1. The van der Waals surface area contributed by atoms with Crippen molar-refractivity contribution in [2.24, 2.45) is 0 Å². The number of aryl methyl sites for hydroxylation is 1. The van der Waals surface area contributed by atoms with Crippen LogP contribution in [0.1, 0.15) is 5.76 Å². The molecule has 0 unspecified atom stereocenters. The van der Waals surface area contributed by atoms with Crippen molar-refractivity contribution in [1.82, 2.24) is 4.98 Å². The van der Waals surface area contributed by atoms with Crippen molar-refractivity contribution in [3.8, 4) is 17.4 Å². The molecule has 4 nitrogen and oxygen atoms in total. The van der Waals surface area contributed by atoms with Gasteiger partial charge in [-0.2, -0.15) is 0 Å². The molecule has 0 spiro atoms. The molecule has 2 aromatic heterocycles. The van der Waals surface area contributed by atoms with Crippen LogP contribution in [0.15, 0.2) is 39.3 Å². The van der Waals surface area contributed by atoms with Gasteiger partial charge >= 0.3 is 0 Å². The minimum atomic E-state index is 0.118. The minimum Gasteiger partial charge on any atom is -0.504 e. The predicted octanol–water partition coefficient (Wildman–Crippen LogP) is 3.10. The van der Waals surface area contributed by atoms with Gasteiger partial charge in [0.15, 0.2) is 17.1 Å². The summed E-state index contributed by atoms with van der Waals surface area (Å²) in [6.07, 6.45) is 1.63. The van der Waals surface area contributed by atoms with Gasteiger partial charge in [-0.1, -0.05) is 12.1 Å². The third-order valence-corrected chi connectivity index (χ3v) is 2.36. The van der Waals surface area contributed by atoms with Crippen molar-refractivity contribution in [2.75, 3.05) is 0 Å². The summed E-state index contributed by atoms with van der Waals surface area (Å²) in [5.74, 6) is 1.78. The van der Waals surface area contributed by atoms with Crippen molar-refractivity contribution < 1.29 is 13.9 Å². The van der Waals surface area contributed by atoms with E-state index in [1.165, 1.54) is 0 Å². The quantitative estimate of drug-likeness (QED) is 0.677. The number of furan rings is 1. The summed E-state index contributed by atoms with van der Waals surface area (Å²) >= 11 is 0. The maximum absolute atomic E-state index is 9.59. The number of phenols is 1. The van der Waals surface area contributed by atoms with Crippen LogP contribution in [0.3, 0.4) is 0 Å². The molecular formula is C12H9NO3. The lowest BCUT2D eigenvalue weighted by Crippen LogP contribution is -1.68. The van der Waals surface area contributed by atoms with Crippen LogP contribution in [0.25, 0.3) is 22.6 Å². The van der Waals surface area contributed by atoms with Gasteiger partial charge in [-0.15, -0.1) is 0 Å². The Balaban J connectivity index is 2.22. The Morgan fingerprint density at radius 2 is 2.12 bits per heavy atom. The van der Waals surface area contributed by atoms with Gasteiger partial charge < -0.3 is 13.9 Å². The van der Waals surface area contributed by atoms with Gasteiger partial charge in [0.2, 0.25) is 0 Å². The van der Waals surface area contributed by atoms with E-state index in [4.69, 9.17) is 8.83 Å². The molecule has 80 valence electrons. The number of hydrogen-bond acceptors (Lipinski definition) is 4. The van der Waals surface area contributed by atoms with Gasteiger partial charge in [0, 0.05) is 5.39 Å². The van der Waals surface area contributed by atoms with Crippen LogP contribution in [0.4, 0.5) is 0 Å². The summed E-state index contributed by atoms with van der Waals surface area (Å²) in [5, 5.41) is 10.4. The highest BCUT2D eigenvalue weighted by atomic mass is 16.4. The minimum absolute atomic E-state index is 0.118. The zero-order chi connectivity index (χ0) is 11.1. The second kappa shape index (κ2) is 3.13. The van der Waals surface area contributed by atoms with Crippen LogP contribution < -0.4 is 0 Å². The molecule has 16 heavy (non-hydrogen) atoms. The molecule has 0 atom stereocenters. The lowest BCUT2D eigenvalue weighted by atomic mass is 10.2. The Hall–Kier alpha value is -2.23. The molecule has 0 aliphatic carbocycles. The number of phenolic OH excluding ortho intramolecular Hbond substituents is 1. The first kappa shape index (κ1) is 9.03. The Kier molecular flexibility index (Phi) is 1.77. The topological polar surface area (TPSA) is 59.4 Å². The zero-order valence-electron chi connectivity index (χ0n) is 8.60.